The maximum Gasteiger partial charge on any atom is 0.490 e. The van der Waals surface area contributed by atoms with E-state index in [0.717, 1.165) is 5.56 Å². The number of halogens is 5. The largest absolute Gasteiger partial charge is 0.490 e. The fourth-order valence-electron chi connectivity index (χ4n) is 4.81. The number of carboxylic acids is 2. The molecular formula is C26H27Cl2F3N2O4. The van der Waals surface area contributed by atoms with E-state index in [1.165, 1.54) is 0 Å². The number of benzene rings is 2. The normalized spacial score (nSPS) is 25.5. The summed E-state index contributed by atoms with van der Waals surface area (Å²) in [5.41, 5.74) is -1.17. The average molecular weight is 559 g/mol. The van der Waals surface area contributed by atoms with Gasteiger partial charge in [-0.3, -0.25) is 10.1 Å². The van der Waals surface area contributed by atoms with Gasteiger partial charge < -0.3 is 10.2 Å². The van der Waals surface area contributed by atoms with Crippen LogP contribution in [0.25, 0.3) is 0 Å². The predicted octanol–water partition coefficient (Wildman–Crippen LogP) is 6.42. The molecule has 200 valence electrons. The van der Waals surface area contributed by atoms with Gasteiger partial charge in [-0.05, 0) is 54.2 Å². The standard InChI is InChI=1S/C24H26Cl2N2O2.C2HF3O2/c1-22(2,3)13-19-24(14-27,16-8-10-17(25)11-9-16)20(23(4,28-19)21(29)30)15-6-5-7-18(26)12-15;3-2(4,5)1(6)7/h5-12,19-20,28H,13H2,1-4H3,(H,29,30);(H,6,7). The first-order chi connectivity index (χ1) is 16.9. The number of carbonyl (C=O) groups is 2. The van der Waals surface area contributed by atoms with Gasteiger partial charge in [-0.1, -0.05) is 68.2 Å². The Kier molecular flexibility index (Phi) is 8.96. The molecule has 1 fully saturated rings. The third kappa shape index (κ3) is 6.56. The van der Waals surface area contributed by atoms with E-state index in [4.69, 9.17) is 33.1 Å². The molecule has 3 rings (SSSR count). The molecule has 0 aliphatic carbocycles. The van der Waals surface area contributed by atoms with Crippen LogP contribution in [0.1, 0.15) is 51.2 Å². The average Bonchev–Trinajstić information content (AvgIpc) is 3.02. The summed E-state index contributed by atoms with van der Waals surface area (Å²) in [6.45, 7) is 7.92. The number of hydrogen-bond donors (Lipinski definition) is 3. The minimum atomic E-state index is -5.08. The number of nitrogens with one attached hydrogen (secondary N) is 1. The Hall–Kier alpha value is -2.80. The molecule has 4 atom stereocenters. The predicted molar refractivity (Wildman–Crippen MR) is 134 cm³/mol. The highest BCUT2D eigenvalue weighted by molar-refractivity contribution is 6.30. The van der Waals surface area contributed by atoms with Crippen LogP contribution in [0.5, 0.6) is 0 Å². The molecule has 37 heavy (non-hydrogen) atoms. The molecule has 0 amide bonds. The minimum absolute atomic E-state index is 0.130. The Morgan fingerprint density at radius 2 is 1.59 bits per heavy atom. The third-order valence-corrected chi connectivity index (χ3v) is 6.74. The van der Waals surface area contributed by atoms with Crippen LogP contribution in [0.4, 0.5) is 13.2 Å². The SMILES string of the molecule is CC(C)(C)CC1NC(C)(C(=O)O)C(c2cccc(Cl)c2)C1(C#N)c1ccc(Cl)cc1.O=C(O)C(F)(F)F. The van der Waals surface area contributed by atoms with Crippen LogP contribution < -0.4 is 5.32 Å². The zero-order chi connectivity index (χ0) is 28.4. The molecule has 2 aromatic rings. The number of rotatable bonds is 4. The van der Waals surface area contributed by atoms with Crippen molar-refractivity contribution in [3.63, 3.8) is 0 Å². The molecule has 0 saturated carbocycles. The number of hydrogen-bond acceptors (Lipinski definition) is 4. The zero-order valence-electron chi connectivity index (χ0n) is 20.5. The summed E-state index contributed by atoms with van der Waals surface area (Å²) in [4.78, 5) is 21.5. The van der Waals surface area contributed by atoms with Crippen molar-refractivity contribution in [3.8, 4) is 6.07 Å². The fraction of sp³-hybridized carbons (Fsp3) is 0.423. The lowest BCUT2D eigenvalue weighted by Crippen LogP contribution is -2.50. The Morgan fingerprint density at radius 3 is 2.00 bits per heavy atom. The van der Waals surface area contributed by atoms with Crippen molar-refractivity contribution in [1.29, 1.82) is 5.26 Å². The van der Waals surface area contributed by atoms with Crippen LogP contribution in [0.2, 0.25) is 10.0 Å². The number of nitriles is 1. The molecule has 3 N–H and O–H groups in total. The van der Waals surface area contributed by atoms with E-state index >= 15 is 0 Å². The maximum absolute atomic E-state index is 12.6. The molecule has 4 unspecified atom stereocenters. The van der Waals surface area contributed by atoms with Crippen molar-refractivity contribution in [1.82, 2.24) is 5.32 Å². The Morgan fingerprint density at radius 1 is 1.05 bits per heavy atom. The van der Waals surface area contributed by atoms with Crippen LogP contribution in [0, 0.1) is 16.7 Å². The maximum atomic E-state index is 12.6. The number of nitrogens with zero attached hydrogens (tertiary/aromatic N) is 1. The van der Waals surface area contributed by atoms with Crippen molar-refractivity contribution in [3.05, 3.63) is 69.7 Å². The van der Waals surface area contributed by atoms with Gasteiger partial charge in [0.1, 0.15) is 11.0 Å². The van der Waals surface area contributed by atoms with Crippen LogP contribution in [0.15, 0.2) is 48.5 Å². The summed E-state index contributed by atoms with van der Waals surface area (Å²) < 4.78 is 31.7. The quantitative estimate of drug-likeness (QED) is 0.399. The highest BCUT2D eigenvalue weighted by Gasteiger charge is 2.65. The summed E-state index contributed by atoms with van der Waals surface area (Å²) in [5.74, 6) is -4.43. The monoisotopic (exact) mass is 558 g/mol. The molecule has 0 bridgehead atoms. The van der Waals surface area contributed by atoms with Gasteiger partial charge in [-0.25, -0.2) is 4.79 Å². The van der Waals surface area contributed by atoms with E-state index in [2.05, 4.69) is 32.2 Å². The summed E-state index contributed by atoms with van der Waals surface area (Å²) in [7, 11) is 0. The van der Waals surface area contributed by atoms with Crippen LogP contribution >= 0.6 is 23.2 Å². The first kappa shape index (κ1) is 30.4. The molecule has 1 heterocycles. The van der Waals surface area contributed by atoms with Crippen molar-refractivity contribution >= 4 is 35.1 Å². The highest BCUT2D eigenvalue weighted by Crippen LogP contribution is 2.55. The van der Waals surface area contributed by atoms with Gasteiger partial charge in [0.2, 0.25) is 0 Å². The van der Waals surface area contributed by atoms with E-state index < -0.39 is 41.0 Å². The molecular weight excluding hydrogens is 532 g/mol. The van der Waals surface area contributed by atoms with Gasteiger partial charge in [0.05, 0.1) is 6.07 Å². The lowest BCUT2D eigenvalue weighted by atomic mass is 9.60. The fourth-order valence-corrected chi connectivity index (χ4v) is 5.13. The first-order valence-electron chi connectivity index (χ1n) is 11.1. The van der Waals surface area contributed by atoms with E-state index in [0.29, 0.717) is 22.0 Å². The summed E-state index contributed by atoms with van der Waals surface area (Å²) in [6, 6.07) is 16.4. The van der Waals surface area contributed by atoms with Crippen molar-refractivity contribution in [2.75, 3.05) is 0 Å². The molecule has 0 spiro atoms. The Labute approximate surface area is 223 Å². The summed E-state index contributed by atoms with van der Waals surface area (Å²) in [6.07, 6.45) is -4.47. The zero-order valence-corrected chi connectivity index (χ0v) is 22.0. The van der Waals surface area contributed by atoms with E-state index in [9.17, 15) is 28.3 Å². The van der Waals surface area contributed by atoms with Crippen molar-refractivity contribution in [2.24, 2.45) is 5.41 Å². The summed E-state index contributed by atoms with van der Waals surface area (Å²) >= 11 is 12.4. The van der Waals surface area contributed by atoms with Crippen LogP contribution in [-0.4, -0.2) is 39.9 Å². The Bertz CT molecular complexity index is 1190. The van der Waals surface area contributed by atoms with E-state index in [1.807, 2.05) is 18.2 Å². The lowest BCUT2D eigenvalue weighted by molar-refractivity contribution is -0.192. The Balaban J connectivity index is 0.000000604. The molecule has 1 saturated heterocycles. The molecule has 11 heteroatoms. The number of alkyl halides is 3. The van der Waals surface area contributed by atoms with Crippen LogP contribution in [-0.2, 0) is 15.0 Å². The lowest BCUT2D eigenvalue weighted by Gasteiger charge is -2.38. The molecule has 2 aromatic carbocycles. The third-order valence-electron chi connectivity index (χ3n) is 6.25. The second-order valence-corrected chi connectivity index (χ2v) is 11.1. The van der Waals surface area contributed by atoms with Gasteiger partial charge >= 0.3 is 18.1 Å². The molecule has 1 aliphatic rings. The molecule has 0 radical (unpaired) electrons. The van der Waals surface area contributed by atoms with E-state index in [1.54, 1.807) is 37.3 Å². The first-order valence-corrected chi connectivity index (χ1v) is 11.9. The number of aliphatic carboxylic acids is 2. The minimum Gasteiger partial charge on any atom is -0.480 e. The van der Waals surface area contributed by atoms with Crippen molar-refractivity contribution in [2.45, 2.75) is 63.2 Å². The van der Waals surface area contributed by atoms with E-state index in [-0.39, 0.29) is 5.41 Å². The van der Waals surface area contributed by atoms with Crippen molar-refractivity contribution < 1.29 is 33.0 Å². The summed E-state index contributed by atoms with van der Waals surface area (Å²) in [5, 5.41) is 32.5. The van der Waals surface area contributed by atoms with Gasteiger partial charge in [0.15, 0.2) is 0 Å². The van der Waals surface area contributed by atoms with Gasteiger partial charge in [-0.15, -0.1) is 0 Å². The van der Waals surface area contributed by atoms with Crippen LogP contribution in [0.3, 0.4) is 0 Å². The van der Waals surface area contributed by atoms with Gasteiger partial charge in [0.25, 0.3) is 0 Å². The second-order valence-electron chi connectivity index (χ2n) is 10.2. The smallest absolute Gasteiger partial charge is 0.480 e. The topological polar surface area (TPSA) is 110 Å². The highest BCUT2D eigenvalue weighted by atomic mass is 35.5. The van der Waals surface area contributed by atoms with Gasteiger partial charge in [0, 0.05) is 22.0 Å². The second kappa shape index (κ2) is 10.9. The molecule has 0 aromatic heterocycles. The molecule has 1 aliphatic heterocycles. The molecule has 6 nitrogen and oxygen atoms in total. The number of carboxylic acid groups (broad SMARTS) is 2. The van der Waals surface area contributed by atoms with Gasteiger partial charge in [-0.2, -0.15) is 18.4 Å².